The molecule has 7 heteroatoms. The summed E-state index contributed by atoms with van der Waals surface area (Å²) in [5.74, 6) is 1.49. The third-order valence-corrected chi connectivity index (χ3v) is 5.09. The summed E-state index contributed by atoms with van der Waals surface area (Å²) in [5, 5.41) is 1.45. The van der Waals surface area contributed by atoms with Gasteiger partial charge in [-0.3, -0.25) is 0 Å². The van der Waals surface area contributed by atoms with Crippen molar-refractivity contribution in [2.45, 2.75) is 17.9 Å². The van der Waals surface area contributed by atoms with Gasteiger partial charge in [-0.15, -0.1) is 11.8 Å². The highest BCUT2D eigenvalue weighted by Crippen LogP contribution is 2.34. The topological polar surface area (TPSA) is 25.8 Å². The second kappa shape index (κ2) is 6.44. The SMILES string of the molecule is CC(SCc1nsc(Cl)n1)c1ccc(Cl)c(Cl)c1. The molecular weight excluding hydrogens is 331 g/mol. The van der Waals surface area contributed by atoms with E-state index >= 15 is 0 Å². The van der Waals surface area contributed by atoms with E-state index in [1.165, 1.54) is 11.5 Å². The van der Waals surface area contributed by atoms with Crippen LogP contribution in [0.1, 0.15) is 23.6 Å². The van der Waals surface area contributed by atoms with Gasteiger partial charge in [0.1, 0.15) is 0 Å². The van der Waals surface area contributed by atoms with Gasteiger partial charge >= 0.3 is 0 Å². The van der Waals surface area contributed by atoms with Crippen molar-refractivity contribution in [2.75, 3.05) is 0 Å². The highest BCUT2D eigenvalue weighted by Gasteiger charge is 2.10. The number of aromatic nitrogens is 2. The summed E-state index contributed by atoms with van der Waals surface area (Å²) in [4.78, 5) is 4.11. The van der Waals surface area contributed by atoms with Crippen LogP contribution in [0.3, 0.4) is 0 Å². The molecule has 0 saturated heterocycles. The van der Waals surface area contributed by atoms with Crippen LogP contribution >= 0.6 is 58.1 Å². The van der Waals surface area contributed by atoms with E-state index in [2.05, 4.69) is 16.3 Å². The van der Waals surface area contributed by atoms with Gasteiger partial charge in [-0.2, -0.15) is 4.37 Å². The molecule has 0 aliphatic carbocycles. The van der Waals surface area contributed by atoms with Crippen LogP contribution in [0.5, 0.6) is 0 Å². The first-order chi connectivity index (χ1) is 8.56. The Morgan fingerprint density at radius 2 is 2.06 bits per heavy atom. The Balaban J connectivity index is 1.99. The Labute approximate surface area is 129 Å². The molecule has 0 bridgehead atoms. The maximum Gasteiger partial charge on any atom is 0.203 e. The van der Waals surface area contributed by atoms with E-state index < -0.39 is 0 Å². The van der Waals surface area contributed by atoms with Crippen molar-refractivity contribution >= 4 is 58.1 Å². The number of hydrogen-bond donors (Lipinski definition) is 0. The normalized spacial score (nSPS) is 12.7. The number of rotatable bonds is 4. The molecule has 2 aromatic rings. The second-order valence-corrected chi connectivity index (χ2v) is 7.07. The third-order valence-electron chi connectivity index (χ3n) is 2.32. The van der Waals surface area contributed by atoms with Crippen LogP contribution in [0, 0.1) is 0 Å². The Morgan fingerprint density at radius 3 is 2.67 bits per heavy atom. The van der Waals surface area contributed by atoms with Crippen molar-refractivity contribution in [1.82, 2.24) is 9.36 Å². The van der Waals surface area contributed by atoms with Gasteiger partial charge in [0, 0.05) is 5.25 Å². The fraction of sp³-hybridized carbons (Fsp3) is 0.273. The fourth-order valence-corrected chi connectivity index (χ4v) is 3.24. The number of thioether (sulfide) groups is 1. The molecule has 0 saturated carbocycles. The minimum absolute atomic E-state index is 0.294. The van der Waals surface area contributed by atoms with Gasteiger partial charge in [0.25, 0.3) is 0 Å². The first-order valence-corrected chi connectivity index (χ1v) is 8.06. The molecule has 0 spiro atoms. The lowest BCUT2D eigenvalue weighted by molar-refractivity contribution is 1.07. The Kier molecular flexibility index (Phi) is 5.15. The van der Waals surface area contributed by atoms with E-state index in [4.69, 9.17) is 34.8 Å². The quantitative estimate of drug-likeness (QED) is 0.736. The summed E-state index contributed by atoms with van der Waals surface area (Å²) in [6.07, 6.45) is 0. The van der Waals surface area contributed by atoms with Crippen molar-refractivity contribution in [3.05, 3.63) is 44.1 Å². The molecule has 2 nitrogen and oxygen atoms in total. The van der Waals surface area contributed by atoms with E-state index in [0.29, 0.717) is 19.8 Å². The first-order valence-electron chi connectivity index (χ1n) is 5.11. The zero-order chi connectivity index (χ0) is 13.1. The lowest BCUT2D eigenvalue weighted by atomic mass is 10.2. The summed E-state index contributed by atoms with van der Waals surface area (Å²) in [7, 11) is 0. The minimum atomic E-state index is 0.294. The second-order valence-electron chi connectivity index (χ2n) is 3.59. The van der Waals surface area contributed by atoms with Crippen LogP contribution < -0.4 is 0 Å². The van der Waals surface area contributed by atoms with Crippen molar-refractivity contribution in [3.8, 4) is 0 Å². The molecule has 0 fully saturated rings. The highest BCUT2D eigenvalue weighted by atomic mass is 35.5. The molecule has 1 heterocycles. The molecule has 1 atom stereocenters. The summed E-state index contributed by atoms with van der Waals surface area (Å²) < 4.78 is 4.62. The molecule has 2 rings (SSSR count). The van der Waals surface area contributed by atoms with Crippen LogP contribution in [0.4, 0.5) is 0 Å². The molecule has 0 N–H and O–H groups in total. The smallest absolute Gasteiger partial charge is 0.203 e. The van der Waals surface area contributed by atoms with E-state index in [1.807, 2.05) is 18.2 Å². The van der Waals surface area contributed by atoms with E-state index in [9.17, 15) is 0 Å². The number of halogens is 3. The standard InChI is InChI=1S/C11H9Cl3N2S2/c1-6(7-2-3-8(12)9(13)4-7)17-5-10-15-11(14)18-16-10/h2-4,6H,5H2,1H3. The van der Waals surface area contributed by atoms with Gasteiger partial charge in [0.2, 0.25) is 4.47 Å². The molecule has 1 unspecified atom stereocenters. The van der Waals surface area contributed by atoms with E-state index in [-0.39, 0.29) is 0 Å². The highest BCUT2D eigenvalue weighted by molar-refractivity contribution is 7.98. The fourth-order valence-electron chi connectivity index (χ4n) is 1.35. The van der Waals surface area contributed by atoms with Crippen molar-refractivity contribution in [2.24, 2.45) is 0 Å². The predicted octanol–water partition coefficient (Wildman–Crippen LogP) is 5.49. The van der Waals surface area contributed by atoms with Gasteiger partial charge in [-0.1, -0.05) is 29.3 Å². The molecule has 0 radical (unpaired) electrons. The number of benzene rings is 1. The Hall–Kier alpha value is -0.000000000000000167. The lowest BCUT2D eigenvalue weighted by Gasteiger charge is -2.11. The summed E-state index contributed by atoms with van der Waals surface area (Å²) in [5.41, 5.74) is 1.13. The molecule has 18 heavy (non-hydrogen) atoms. The molecule has 96 valence electrons. The molecule has 1 aromatic carbocycles. The summed E-state index contributed by atoms with van der Waals surface area (Å²) in [6.45, 7) is 2.11. The Morgan fingerprint density at radius 1 is 1.28 bits per heavy atom. The van der Waals surface area contributed by atoms with Gasteiger partial charge in [0.15, 0.2) is 5.82 Å². The van der Waals surface area contributed by atoms with Gasteiger partial charge in [-0.25, -0.2) is 4.98 Å². The number of hydrogen-bond acceptors (Lipinski definition) is 4. The van der Waals surface area contributed by atoms with Crippen LogP contribution in [-0.4, -0.2) is 9.36 Å². The monoisotopic (exact) mass is 338 g/mol. The maximum absolute atomic E-state index is 6.00. The molecule has 1 aromatic heterocycles. The molecule has 0 amide bonds. The van der Waals surface area contributed by atoms with Gasteiger partial charge < -0.3 is 0 Å². The van der Waals surface area contributed by atoms with E-state index in [1.54, 1.807) is 11.8 Å². The van der Waals surface area contributed by atoms with Gasteiger partial charge in [0.05, 0.1) is 15.8 Å². The summed E-state index contributed by atoms with van der Waals surface area (Å²) >= 11 is 20.6. The van der Waals surface area contributed by atoms with Crippen molar-refractivity contribution in [1.29, 1.82) is 0 Å². The molecule has 0 aliphatic rings. The average Bonchev–Trinajstić information content (AvgIpc) is 2.75. The zero-order valence-electron chi connectivity index (χ0n) is 9.36. The van der Waals surface area contributed by atoms with Crippen LogP contribution in [0.2, 0.25) is 14.5 Å². The molecular formula is C11H9Cl3N2S2. The zero-order valence-corrected chi connectivity index (χ0v) is 13.3. The van der Waals surface area contributed by atoms with Crippen LogP contribution in [0.15, 0.2) is 18.2 Å². The van der Waals surface area contributed by atoms with Crippen LogP contribution in [-0.2, 0) is 5.75 Å². The third kappa shape index (κ3) is 3.75. The molecule has 0 aliphatic heterocycles. The Bertz CT molecular complexity index is 545. The van der Waals surface area contributed by atoms with E-state index in [0.717, 1.165) is 17.1 Å². The minimum Gasteiger partial charge on any atom is -0.207 e. The average molecular weight is 340 g/mol. The predicted molar refractivity (Wildman–Crippen MR) is 81.1 cm³/mol. The first kappa shape index (κ1) is 14.4. The largest absolute Gasteiger partial charge is 0.207 e. The van der Waals surface area contributed by atoms with Crippen LogP contribution in [0.25, 0.3) is 0 Å². The summed E-state index contributed by atoms with van der Waals surface area (Å²) in [6, 6.07) is 5.69. The van der Waals surface area contributed by atoms with Crippen molar-refractivity contribution < 1.29 is 0 Å². The van der Waals surface area contributed by atoms with Crippen molar-refractivity contribution in [3.63, 3.8) is 0 Å². The van der Waals surface area contributed by atoms with Gasteiger partial charge in [-0.05, 0) is 47.8 Å². The lowest BCUT2D eigenvalue weighted by Crippen LogP contribution is -1.91. The maximum atomic E-state index is 6.00. The number of nitrogens with zero attached hydrogens (tertiary/aromatic N) is 2.